The van der Waals surface area contributed by atoms with Gasteiger partial charge in [-0.3, -0.25) is 9.59 Å². The lowest BCUT2D eigenvalue weighted by Gasteiger charge is -2.19. The predicted molar refractivity (Wildman–Crippen MR) is 119 cm³/mol. The van der Waals surface area contributed by atoms with Gasteiger partial charge >= 0.3 is 12.1 Å². The fourth-order valence-corrected chi connectivity index (χ4v) is 4.27. The third-order valence-corrected chi connectivity index (χ3v) is 6.39. The van der Waals surface area contributed by atoms with Gasteiger partial charge in [0.1, 0.15) is 12.1 Å². The van der Waals surface area contributed by atoms with E-state index in [9.17, 15) is 14.4 Å². The lowest BCUT2D eigenvalue weighted by Crippen LogP contribution is -2.49. The highest BCUT2D eigenvalue weighted by Crippen LogP contribution is 2.44. The molecule has 1 fully saturated rings. The number of alkyl carbamates (subject to hydrolysis) is 1. The van der Waals surface area contributed by atoms with Crippen LogP contribution >= 0.6 is 0 Å². The molecule has 0 aromatic heterocycles. The lowest BCUT2D eigenvalue weighted by molar-refractivity contribution is -0.141. The summed E-state index contributed by atoms with van der Waals surface area (Å²) in [6.45, 7) is 2.22. The van der Waals surface area contributed by atoms with E-state index in [4.69, 9.17) is 9.84 Å². The second kappa shape index (κ2) is 9.02. The molecule has 7 heteroatoms. The maximum atomic E-state index is 12.5. The van der Waals surface area contributed by atoms with Gasteiger partial charge < -0.3 is 20.5 Å². The molecule has 2 aromatic carbocycles. The van der Waals surface area contributed by atoms with Crippen LogP contribution in [-0.4, -0.2) is 41.8 Å². The molecule has 2 aliphatic carbocycles. The molecule has 0 saturated heterocycles. The SMILES string of the molecule is CC(CCCNC(=O)C1(NC(=O)OCC2c3ccccc3-c3ccccc32)CC1)C(=O)O. The number of nitrogens with one attached hydrogen (secondary N) is 2. The average Bonchev–Trinajstić information content (AvgIpc) is 3.50. The fourth-order valence-electron chi connectivity index (χ4n) is 4.27. The largest absolute Gasteiger partial charge is 0.481 e. The van der Waals surface area contributed by atoms with Crippen molar-refractivity contribution in [1.29, 1.82) is 0 Å². The number of carbonyl (C=O) groups is 3. The van der Waals surface area contributed by atoms with Crippen LogP contribution in [0.3, 0.4) is 0 Å². The molecule has 3 N–H and O–H groups in total. The van der Waals surface area contributed by atoms with Crippen molar-refractivity contribution in [2.24, 2.45) is 5.92 Å². The maximum absolute atomic E-state index is 12.5. The summed E-state index contributed by atoms with van der Waals surface area (Å²) in [5, 5.41) is 14.5. The number of hydrogen-bond donors (Lipinski definition) is 3. The van der Waals surface area contributed by atoms with E-state index < -0.39 is 23.5 Å². The molecular formula is C25H28N2O5. The number of rotatable bonds is 9. The first kappa shape index (κ1) is 21.9. The molecule has 1 saturated carbocycles. The van der Waals surface area contributed by atoms with E-state index in [1.165, 1.54) is 0 Å². The van der Waals surface area contributed by atoms with Crippen molar-refractivity contribution in [2.45, 2.75) is 44.1 Å². The van der Waals surface area contributed by atoms with Crippen molar-refractivity contribution in [3.8, 4) is 11.1 Å². The van der Waals surface area contributed by atoms with Crippen LogP contribution < -0.4 is 10.6 Å². The highest BCUT2D eigenvalue weighted by atomic mass is 16.5. The Kier molecular flexibility index (Phi) is 6.17. The second-order valence-corrected chi connectivity index (χ2v) is 8.67. The molecule has 2 aliphatic rings. The van der Waals surface area contributed by atoms with E-state index in [1.54, 1.807) is 6.92 Å². The Balaban J connectivity index is 1.29. The molecule has 0 heterocycles. The highest BCUT2D eigenvalue weighted by molar-refractivity contribution is 5.92. The predicted octanol–water partition coefficient (Wildman–Crippen LogP) is 3.67. The third-order valence-electron chi connectivity index (χ3n) is 6.39. The highest BCUT2D eigenvalue weighted by Gasteiger charge is 2.51. The first-order valence-corrected chi connectivity index (χ1v) is 11.1. The Morgan fingerprint density at radius 2 is 1.66 bits per heavy atom. The Bertz CT molecular complexity index is 985. The first-order valence-electron chi connectivity index (χ1n) is 11.1. The molecule has 2 amide bonds. The van der Waals surface area contributed by atoms with Gasteiger partial charge in [0.2, 0.25) is 5.91 Å². The molecule has 1 atom stereocenters. The van der Waals surface area contributed by atoms with E-state index in [0.717, 1.165) is 22.3 Å². The van der Waals surface area contributed by atoms with Gasteiger partial charge in [-0.05, 0) is 47.9 Å². The van der Waals surface area contributed by atoms with E-state index in [-0.39, 0.29) is 18.4 Å². The summed E-state index contributed by atoms with van der Waals surface area (Å²) in [6, 6.07) is 16.2. The van der Waals surface area contributed by atoms with Crippen LogP contribution in [0.1, 0.15) is 49.7 Å². The van der Waals surface area contributed by atoms with Crippen molar-refractivity contribution < 1.29 is 24.2 Å². The molecule has 2 aromatic rings. The molecule has 32 heavy (non-hydrogen) atoms. The van der Waals surface area contributed by atoms with Crippen LogP contribution in [-0.2, 0) is 14.3 Å². The Labute approximate surface area is 187 Å². The molecule has 0 bridgehead atoms. The van der Waals surface area contributed by atoms with Gasteiger partial charge in [-0.1, -0.05) is 55.5 Å². The van der Waals surface area contributed by atoms with Crippen LogP contribution in [0.5, 0.6) is 0 Å². The smallest absolute Gasteiger partial charge is 0.408 e. The van der Waals surface area contributed by atoms with Crippen LogP contribution in [0.15, 0.2) is 48.5 Å². The van der Waals surface area contributed by atoms with Crippen molar-refractivity contribution >= 4 is 18.0 Å². The van der Waals surface area contributed by atoms with Crippen molar-refractivity contribution in [3.63, 3.8) is 0 Å². The molecule has 0 aliphatic heterocycles. The molecular weight excluding hydrogens is 408 g/mol. The summed E-state index contributed by atoms with van der Waals surface area (Å²) in [6.07, 6.45) is 1.59. The summed E-state index contributed by atoms with van der Waals surface area (Å²) < 4.78 is 5.55. The van der Waals surface area contributed by atoms with Gasteiger partial charge in [-0.2, -0.15) is 0 Å². The molecule has 0 radical (unpaired) electrons. The van der Waals surface area contributed by atoms with E-state index in [2.05, 4.69) is 34.9 Å². The summed E-state index contributed by atoms with van der Waals surface area (Å²) in [5.41, 5.74) is 3.67. The standard InChI is InChI=1S/C25H28N2O5/c1-16(22(28)29)7-6-14-26-23(30)25(12-13-25)27-24(31)32-15-21-19-10-4-2-8-17(19)18-9-3-5-11-20(18)21/h2-5,8-11,16,21H,6-7,12-15H2,1H3,(H,26,30)(H,27,31)(H,28,29). The number of ether oxygens (including phenoxy) is 1. The minimum Gasteiger partial charge on any atom is -0.481 e. The van der Waals surface area contributed by atoms with E-state index >= 15 is 0 Å². The Morgan fingerprint density at radius 1 is 1.06 bits per heavy atom. The number of benzene rings is 2. The normalized spacial score (nSPS) is 16.4. The number of carbonyl (C=O) groups excluding carboxylic acids is 2. The zero-order valence-corrected chi connectivity index (χ0v) is 18.1. The van der Waals surface area contributed by atoms with Gasteiger partial charge in [0, 0.05) is 12.5 Å². The lowest BCUT2D eigenvalue weighted by atomic mass is 9.98. The van der Waals surface area contributed by atoms with Crippen molar-refractivity contribution in [3.05, 3.63) is 59.7 Å². The van der Waals surface area contributed by atoms with Gasteiger partial charge in [0.25, 0.3) is 0 Å². The number of aliphatic carboxylic acids is 1. The number of hydrogen-bond acceptors (Lipinski definition) is 4. The topological polar surface area (TPSA) is 105 Å². The fraction of sp³-hybridized carbons (Fsp3) is 0.400. The quantitative estimate of drug-likeness (QED) is 0.520. The number of carboxylic acid groups (broad SMARTS) is 1. The summed E-state index contributed by atoms with van der Waals surface area (Å²) >= 11 is 0. The molecule has 1 unspecified atom stereocenters. The summed E-state index contributed by atoms with van der Waals surface area (Å²) in [5.74, 6) is -1.56. The Hall–Kier alpha value is -3.35. The van der Waals surface area contributed by atoms with Crippen LogP contribution in [0, 0.1) is 5.92 Å². The molecule has 0 spiro atoms. The minimum absolute atomic E-state index is 0.0339. The van der Waals surface area contributed by atoms with Crippen molar-refractivity contribution in [2.75, 3.05) is 13.2 Å². The first-order chi connectivity index (χ1) is 15.4. The van der Waals surface area contributed by atoms with Crippen molar-refractivity contribution in [1.82, 2.24) is 10.6 Å². The van der Waals surface area contributed by atoms with E-state index in [0.29, 0.717) is 32.2 Å². The van der Waals surface area contributed by atoms with Crippen LogP contribution in [0.2, 0.25) is 0 Å². The van der Waals surface area contributed by atoms with Gasteiger partial charge in [-0.15, -0.1) is 0 Å². The zero-order chi connectivity index (χ0) is 22.7. The maximum Gasteiger partial charge on any atom is 0.408 e. The number of carboxylic acids is 1. The van der Waals surface area contributed by atoms with Crippen LogP contribution in [0.25, 0.3) is 11.1 Å². The monoisotopic (exact) mass is 436 g/mol. The molecule has 168 valence electrons. The number of fused-ring (bicyclic) bond motifs is 3. The summed E-state index contributed by atoms with van der Waals surface area (Å²) in [7, 11) is 0. The average molecular weight is 437 g/mol. The number of amides is 2. The van der Waals surface area contributed by atoms with Gasteiger partial charge in [0.05, 0.1) is 5.92 Å². The summed E-state index contributed by atoms with van der Waals surface area (Å²) in [4.78, 5) is 35.9. The molecule has 4 rings (SSSR count). The third kappa shape index (κ3) is 4.47. The zero-order valence-electron chi connectivity index (χ0n) is 18.1. The van der Waals surface area contributed by atoms with Crippen LogP contribution in [0.4, 0.5) is 4.79 Å². The second-order valence-electron chi connectivity index (χ2n) is 8.67. The molecule has 7 nitrogen and oxygen atoms in total. The van der Waals surface area contributed by atoms with Gasteiger partial charge in [0.15, 0.2) is 0 Å². The van der Waals surface area contributed by atoms with E-state index in [1.807, 2.05) is 24.3 Å². The minimum atomic E-state index is -0.916. The Morgan fingerprint density at radius 3 is 2.22 bits per heavy atom. The van der Waals surface area contributed by atoms with Gasteiger partial charge in [-0.25, -0.2) is 4.79 Å².